The highest BCUT2D eigenvalue weighted by atomic mass is 19.3. The lowest BCUT2D eigenvalue weighted by Crippen LogP contribution is -2.32. The lowest BCUT2D eigenvalue weighted by Gasteiger charge is -2.26. The van der Waals surface area contributed by atoms with E-state index in [0.717, 1.165) is 69.2 Å². The third-order valence-corrected chi connectivity index (χ3v) is 8.71. The maximum absolute atomic E-state index is 13.8. The first-order chi connectivity index (χ1) is 21.9. The molecule has 2 aliphatic carbocycles. The summed E-state index contributed by atoms with van der Waals surface area (Å²) in [6.45, 7) is -0.212. The Kier molecular flexibility index (Phi) is 7.71. The SMILES string of the molecule is N#Cc1ccc(-c2cc(NC(=O)c3cc(CN4CCCCC4)cn(C4CC4)c3=O)nc(C3CC3)c2)c(-c2nncn2C(F)F)c1. The van der Waals surface area contributed by atoms with Crippen LogP contribution in [0.3, 0.4) is 0 Å². The minimum absolute atomic E-state index is 0.0701. The molecule has 0 bridgehead atoms. The molecule has 7 rings (SSSR count). The van der Waals surface area contributed by atoms with Gasteiger partial charge >= 0.3 is 6.55 Å². The number of amides is 1. The highest BCUT2D eigenvalue weighted by molar-refractivity contribution is 6.04. The summed E-state index contributed by atoms with van der Waals surface area (Å²) in [7, 11) is 0. The molecule has 0 spiro atoms. The number of hydrogen-bond donors (Lipinski definition) is 1. The number of nitrogens with zero attached hydrogens (tertiary/aromatic N) is 7. The van der Waals surface area contributed by atoms with Crippen LogP contribution in [0, 0.1) is 11.3 Å². The Morgan fingerprint density at radius 1 is 1.04 bits per heavy atom. The van der Waals surface area contributed by atoms with Crippen LogP contribution in [-0.2, 0) is 6.54 Å². The van der Waals surface area contributed by atoms with E-state index in [-0.39, 0.29) is 40.3 Å². The fourth-order valence-electron chi connectivity index (χ4n) is 6.08. The molecule has 1 aromatic carbocycles. The molecular formula is C33H32F2N8O2. The average molecular weight is 611 g/mol. The second-order valence-corrected chi connectivity index (χ2v) is 12.1. The Morgan fingerprint density at radius 3 is 2.56 bits per heavy atom. The third kappa shape index (κ3) is 6.13. The van der Waals surface area contributed by atoms with E-state index in [2.05, 4.69) is 26.5 Å². The van der Waals surface area contributed by atoms with E-state index in [9.17, 15) is 23.6 Å². The summed E-state index contributed by atoms with van der Waals surface area (Å²) in [6, 6.07) is 12.2. The van der Waals surface area contributed by atoms with Crippen LogP contribution in [0.25, 0.3) is 22.5 Å². The lowest BCUT2D eigenvalue weighted by molar-refractivity contribution is 0.0716. The summed E-state index contributed by atoms with van der Waals surface area (Å²) in [5.74, 6) is -0.173. The van der Waals surface area contributed by atoms with E-state index >= 15 is 0 Å². The molecule has 3 fully saturated rings. The standard InChI is InChI=1S/C33H32F2N8O2/c34-33(35)43-19-37-40-30(43)26-12-20(16-36)4-9-25(26)23-14-28(22-5-6-22)38-29(15-23)39-31(44)27-13-21(17-41-10-2-1-3-11-41)18-42(32(27)45)24-7-8-24/h4,9,12-15,18-19,22,24,33H,1-3,5-8,10-11,17H2,(H,38,39,44). The van der Waals surface area contributed by atoms with Crippen LogP contribution >= 0.6 is 0 Å². The Labute approximate surface area is 258 Å². The van der Waals surface area contributed by atoms with E-state index in [1.165, 1.54) is 12.5 Å². The topological polar surface area (TPSA) is 122 Å². The van der Waals surface area contributed by atoms with Gasteiger partial charge in [-0.15, -0.1) is 10.2 Å². The predicted molar refractivity (Wildman–Crippen MR) is 163 cm³/mol. The molecule has 230 valence electrons. The minimum atomic E-state index is -2.88. The monoisotopic (exact) mass is 610 g/mol. The van der Waals surface area contributed by atoms with Gasteiger partial charge in [-0.3, -0.25) is 19.1 Å². The molecule has 0 radical (unpaired) electrons. The van der Waals surface area contributed by atoms with Gasteiger partial charge in [0, 0.05) is 36.0 Å². The Bertz CT molecular complexity index is 1860. The third-order valence-electron chi connectivity index (χ3n) is 8.71. The summed E-state index contributed by atoms with van der Waals surface area (Å²) in [5, 5.41) is 20.0. The zero-order valence-corrected chi connectivity index (χ0v) is 24.6. The first-order valence-corrected chi connectivity index (χ1v) is 15.4. The fourth-order valence-corrected chi connectivity index (χ4v) is 6.08. The maximum Gasteiger partial charge on any atom is 0.321 e. The molecule has 0 unspecified atom stereocenters. The van der Waals surface area contributed by atoms with Crippen molar-refractivity contribution in [1.29, 1.82) is 5.26 Å². The number of piperidine rings is 1. The van der Waals surface area contributed by atoms with Crippen molar-refractivity contribution in [3.05, 3.63) is 81.7 Å². The molecule has 4 heterocycles. The number of anilines is 1. The fraction of sp³-hybridized carbons (Fsp3) is 0.394. The van der Waals surface area contributed by atoms with Crippen LogP contribution in [0.15, 0.2) is 53.7 Å². The molecule has 1 saturated heterocycles. The van der Waals surface area contributed by atoms with Crippen LogP contribution in [0.5, 0.6) is 0 Å². The number of halogens is 2. The molecule has 3 aromatic heterocycles. The normalized spacial score (nSPS) is 16.9. The van der Waals surface area contributed by atoms with Gasteiger partial charge in [-0.25, -0.2) is 4.98 Å². The number of hydrogen-bond acceptors (Lipinski definition) is 7. The molecular weight excluding hydrogens is 578 g/mol. The van der Waals surface area contributed by atoms with Crippen molar-refractivity contribution in [3.63, 3.8) is 0 Å². The summed E-state index contributed by atoms with van der Waals surface area (Å²) < 4.78 is 30.0. The van der Waals surface area contributed by atoms with Crippen LogP contribution < -0.4 is 10.9 Å². The summed E-state index contributed by atoms with van der Waals surface area (Å²) in [6.07, 6.45) is 10.1. The highest BCUT2D eigenvalue weighted by Gasteiger charge is 2.29. The predicted octanol–water partition coefficient (Wildman–Crippen LogP) is 5.89. The van der Waals surface area contributed by atoms with Crippen molar-refractivity contribution in [3.8, 4) is 28.6 Å². The van der Waals surface area contributed by atoms with E-state index in [4.69, 9.17) is 4.98 Å². The summed E-state index contributed by atoms with van der Waals surface area (Å²) >= 11 is 0. The molecule has 45 heavy (non-hydrogen) atoms. The molecule has 3 aliphatic rings. The van der Waals surface area contributed by atoms with Gasteiger partial charge in [-0.1, -0.05) is 12.5 Å². The number of benzene rings is 1. The first kappa shape index (κ1) is 29.0. The largest absolute Gasteiger partial charge is 0.321 e. The van der Waals surface area contributed by atoms with Gasteiger partial charge in [0.2, 0.25) is 0 Å². The summed E-state index contributed by atoms with van der Waals surface area (Å²) in [5.41, 5.74) is 3.15. The van der Waals surface area contributed by atoms with E-state index < -0.39 is 12.5 Å². The quantitative estimate of drug-likeness (QED) is 0.251. The van der Waals surface area contributed by atoms with E-state index in [1.54, 1.807) is 28.8 Å². The van der Waals surface area contributed by atoms with E-state index in [1.807, 2.05) is 12.3 Å². The number of alkyl halides is 2. The highest BCUT2D eigenvalue weighted by Crippen LogP contribution is 2.42. The summed E-state index contributed by atoms with van der Waals surface area (Å²) in [4.78, 5) is 34.3. The van der Waals surface area contributed by atoms with Crippen molar-refractivity contribution in [2.45, 2.75) is 70.0 Å². The van der Waals surface area contributed by atoms with Crippen molar-refractivity contribution in [2.24, 2.45) is 0 Å². The molecule has 1 N–H and O–H groups in total. The molecule has 1 aliphatic heterocycles. The molecule has 4 aromatic rings. The van der Waals surface area contributed by atoms with Crippen LogP contribution in [0.4, 0.5) is 14.6 Å². The number of carbonyl (C=O) groups is 1. The molecule has 0 atom stereocenters. The van der Waals surface area contributed by atoms with Gasteiger partial charge < -0.3 is 9.88 Å². The molecule has 2 saturated carbocycles. The number of carbonyl (C=O) groups excluding carboxylic acids is 1. The van der Waals surface area contributed by atoms with E-state index in [0.29, 0.717) is 27.8 Å². The number of rotatable bonds is 9. The minimum Gasteiger partial charge on any atom is -0.311 e. The number of pyridine rings is 2. The van der Waals surface area contributed by atoms with Gasteiger partial charge in [0.15, 0.2) is 5.82 Å². The van der Waals surface area contributed by atoms with Gasteiger partial charge in [0.25, 0.3) is 11.5 Å². The van der Waals surface area contributed by atoms with Crippen molar-refractivity contribution in [1.82, 2.24) is 29.2 Å². The van der Waals surface area contributed by atoms with Gasteiger partial charge in [-0.2, -0.15) is 14.0 Å². The second-order valence-electron chi connectivity index (χ2n) is 12.1. The number of nitriles is 1. The van der Waals surface area contributed by atoms with Crippen molar-refractivity contribution < 1.29 is 13.6 Å². The average Bonchev–Trinajstić information content (AvgIpc) is 3.99. The van der Waals surface area contributed by atoms with Crippen molar-refractivity contribution >= 4 is 11.7 Å². The van der Waals surface area contributed by atoms with Crippen molar-refractivity contribution in [2.75, 3.05) is 18.4 Å². The number of nitrogens with one attached hydrogen (secondary N) is 1. The van der Waals surface area contributed by atoms with Crippen LogP contribution in [-0.4, -0.2) is 48.2 Å². The number of likely N-dealkylation sites (tertiary alicyclic amines) is 1. The van der Waals surface area contributed by atoms with Crippen LogP contribution in [0.2, 0.25) is 0 Å². The molecule has 12 heteroatoms. The second kappa shape index (κ2) is 12.0. The van der Waals surface area contributed by atoms with Gasteiger partial charge in [-0.05, 0) is 98.6 Å². The first-order valence-electron chi connectivity index (χ1n) is 15.4. The Balaban J connectivity index is 1.26. The number of aromatic nitrogens is 5. The zero-order chi connectivity index (χ0) is 31.1. The smallest absolute Gasteiger partial charge is 0.311 e. The Morgan fingerprint density at radius 2 is 1.84 bits per heavy atom. The molecule has 1 amide bonds. The Hall–Kier alpha value is -4.76. The lowest BCUT2D eigenvalue weighted by atomic mass is 9.96. The zero-order valence-electron chi connectivity index (χ0n) is 24.6. The van der Waals surface area contributed by atoms with Gasteiger partial charge in [0.1, 0.15) is 17.7 Å². The van der Waals surface area contributed by atoms with Gasteiger partial charge in [0.05, 0.1) is 11.6 Å². The van der Waals surface area contributed by atoms with Crippen LogP contribution in [0.1, 0.15) is 90.6 Å². The molecule has 10 nitrogen and oxygen atoms in total. The maximum atomic E-state index is 13.8.